The van der Waals surface area contributed by atoms with Crippen molar-refractivity contribution in [3.63, 3.8) is 0 Å². The van der Waals surface area contributed by atoms with Crippen molar-refractivity contribution < 1.29 is 14.3 Å². The van der Waals surface area contributed by atoms with Gasteiger partial charge < -0.3 is 15.4 Å². The molecule has 0 aliphatic heterocycles. The molecule has 2 unspecified atom stereocenters. The number of alkyl carbamates (subject to hydrolysis) is 1. The highest BCUT2D eigenvalue weighted by molar-refractivity contribution is 5.87. The molecule has 2 aliphatic rings. The van der Waals surface area contributed by atoms with Crippen molar-refractivity contribution >= 4 is 12.0 Å². The Kier molecular flexibility index (Phi) is 4.83. The third-order valence-corrected chi connectivity index (χ3v) is 4.88. The second kappa shape index (κ2) is 6.31. The van der Waals surface area contributed by atoms with E-state index in [-0.39, 0.29) is 23.3 Å². The third kappa shape index (κ3) is 3.81. The first-order valence-corrected chi connectivity index (χ1v) is 8.15. The Morgan fingerprint density at radius 1 is 1.32 bits per heavy atom. The number of amides is 2. The maximum atomic E-state index is 11.8. The summed E-state index contributed by atoms with van der Waals surface area (Å²) in [5, 5.41) is 5.94. The fraction of sp³-hybridized carbons (Fsp3) is 0.765. The minimum absolute atomic E-state index is 0.125. The van der Waals surface area contributed by atoms with Gasteiger partial charge >= 0.3 is 6.09 Å². The van der Waals surface area contributed by atoms with Crippen LogP contribution in [-0.2, 0) is 9.53 Å². The molecule has 0 aromatic rings. The van der Waals surface area contributed by atoms with Gasteiger partial charge in [-0.2, -0.15) is 0 Å². The quantitative estimate of drug-likeness (QED) is 0.785. The van der Waals surface area contributed by atoms with Crippen molar-refractivity contribution in [1.29, 1.82) is 0 Å². The Hall–Kier alpha value is -1.52. The molecule has 0 aromatic heterocycles. The minimum Gasteiger partial charge on any atom is -0.444 e. The van der Waals surface area contributed by atoms with E-state index in [0.717, 1.165) is 25.7 Å². The monoisotopic (exact) mass is 308 g/mol. The lowest BCUT2D eigenvalue weighted by Gasteiger charge is -2.45. The Labute approximate surface area is 132 Å². The van der Waals surface area contributed by atoms with Crippen LogP contribution in [0, 0.1) is 11.3 Å². The zero-order chi connectivity index (χ0) is 16.4. The average Bonchev–Trinajstić information content (AvgIpc) is 2.73. The van der Waals surface area contributed by atoms with Crippen molar-refractivity contribution in [3.8, 4) is 0 Å². The summed E-state index contributed by atoms with van der Waals surface area (Å²) in [6, 6.07) is 0.127. The van der Waals surface area contributed by atoms with Gasteiger partial charge in [0.2, 0.25) is 5.91 Å². The number of hydrogen-bond acceptors (Lipinski definition) is 3. The number of nitrogens with one attached hydrogen (secondary N) is 2. The fourth-order valence-corrected chi connectivity index (χ4v) is 3.72. The van der Waals surface area contributed by atoms with Crippen molar-refractivity contribution in [1.82, 2.24) is 10.6 Å². The Morgan fingerprint density at radius 3 is 2.50 bits per heavy atom. The molecule has 2 aliphatic carbocycles. The van der Waals surface area contributed by atoms with Gasteiger partial charge in [0.1, 0.15) is 5.60 Å². The SMILES string of the molecule is C=CC(=O)NC1C(CNC(=O)OC(C)(C)C)CCC12CCC2. The Balaban J connectivity index is 1.92. The number of carbonyl (C=O) groups is 2. The van der Waals surface area contributed by atoms with Crippen LogP contribution in [-0.4, -0.2) is 30.2 Å². The first-order valence-electron chi connectivity index (χ1n) is 8.15. The van der Waals surface area contributed by atoms with Crippen LogP contribution in [0.25, 0.3) is 0 Å². The summed E-state index contributed by atoms with van der Waals surface area (Å²) in [5.41, 5.74) is -0.260. The van der Waals surface area contributed by atoms with Crippen LogP contribution in [0.15, 0.2) is 12.7 Å². The zero-order valence-electron chi connectivity index (χ0n) is 13.9. The molecule has 0 heterocycles. The molecule has 5 heteroatoms. The van der Waals surface area contributed by atoms with Gasteiger partial charge in [0, 0.05) is 12.6 Å². The van der Waals surface area contributed by atoms with E-state index in [2.05, 4.69) is 17.2 Å². The molecule has 2 N–H and O–H groups in total. The van der Waals surface area contributed by atoms with E-state index in [4.69, 9.17) is 4.74 Å². The lowest BCUT2D eigenvalue weighted by molar-refractivity contribution is -0.118. The summed E-state index contributed by atoms with van der Waals surface area (Å²) in [4.78, 5) is 23.5. The second-order valence-electron chi connectivity index (χ2n) is 7.59. The van der Waals surface area contributed by atoms with Crippen LogP contribution >= 0.6 is 0 Å². The van der Waals surface area contributed by atoms with Crippen LogP contribution in [0.3, 0.4) is 0 Å². The van der Waals surface area contributed by atoms with Gasteiger partial charge in [-0.05, 0) is 63.9 Å². The predicted octanol–water partition coefficient (Wildman–Crippen LogP) is 2.76. The Bertz CT molecular complexity index is 449. The van der Waals surface area contributed by atoms with Gasteiger partial charge in [0.05, 0.1) is 0 Å². The standard InChI is InChI=1S/C17H28N2O3/c1-5-13(20)19-14-12(7-10-17(14)8-6-9-17)11-18-15(21)22-16(2,3)4/h5,12,14H,1,6-11H2,2-4H3,(H,18,21)(H,19,20). The number of ether oxygens (including phenoxy) is 1. The van der Waals surface area contributed by atoms with E-state index >= 15 is 0 Å². The molecule has 0 radical (unpaired) electrons. The lowest BCUT2D eigenvalue weighted by atomic mass is 9.64. The molecule has 0 bridgehead atoms. The molecule has 2 fully saturated rings. The van der Waals surface area contributed by atoms with Gasteiger partial charge in [0.15, 0.2) is 0 Å². The average molecular weight is 308 g/mol. The second-order valence-corrected chi connectivity index (χ2v) is 7.59. The third-order valence-electron chi connectivity index (χ3n) is 4.88. The minimum atomic E-state index is -0.495. The zero-order valence-corrected chi connectivity index (χ0v) is 13.9. The van der Waals surface area contributed by atoms with Gasteiger partial charge in [-0.25, -0.2) is 4.79 Å². The van der Waals surface area contributed by atoms with E-state index in [9.17, 15) is 9.59 Å². The molecule has 0 saturated heterocycles. The smallest absolute Gasteiger partial charge is 0.407 e. The highest BCUT2D eigenvalue weighted by atomic mass is 16.6. The van der Waals surface area contributed by atoms with Crippen LogP contribution in [0.5, 0.6) is 0 Å². The van der Waals surface area contributed by atoms with E-state index in [0.29, 0.717) is 6.54 Å². The molecule has 2 saturated carbocycles. The molecule has 5 nitrogen and oxygen atoms in total. The molecular weight excluding hydrogens is 280 g/mol. The maximum absolute atomic E-state index is 11.8. The molecule has 22 heavy (non-hydrogen) atoms. The molecular formula is C17H28N2O3. The molecule has 1 spiro atoms. The maximum Gasteiger partial charge on any atom is 0.407 e. The summed E-state index contributed by atoms with van der Waals surface area (Å²) in [7, 11) is 0. The normalized spacial score (nSPS) is 26.1. The van der Waals surface area contributed by atoms with Crippen molar-refractivity contribution in [2.24, 2.45) is 11.3 Å². The van der Waals surface area contributed by atoms with Crippen LogP contribution < -0.4 is 10.6 Å². The summed E-state index contributed by atoms with van der Waals surface area (Å²) in [5.74, 6) is 0.136. The molecule has 2 amide bonds. The van der Waals surface area contributed by atoms with E-state index < -0.39 is 11.7 Å². The fourth-order valence-electron chi connectivity index (χ4n) is 3.72. The highest BCUT2D eigenvalue weighted by Gasteiger charge is 2.52. The van der Waals surface area contributed by atoms with Crippen molar-refractivity contribution in [2.45, 2.75) is 64.5 Å². The highest BCUT2D eigenvalue weighted by Crippen LogP contribution is 2.55. The van der Waals surface area contributed by atoms with Gasteiger partial charge in [0.25, 0.3) is 0 Å². The van der Waals surface area contributed by atoms with E-state index in [1.165, 1.54) is 12.5 Å². The van der Waals surface area contributed by atoms with Crippen LogP contribution in [0.1, 0.15) is 52.9 Å². The molecule has 124 valence electrons. The number of hydrogen-bond donors (Lipinski definition) is 2. The van der Waals surface area contributed by atoms with Gasteiger partial charge in [-0.15, -0.1) is 0 Å². The number of rotatable bonds is 4. The summed E-state index contributed by atoms with van der Waals surface area (Å²) >= 11 is 0. The van der Waals surface area contributed by atoms with Crippen molar-refractivity contribution in [3.05, 3.63) is 12.7 Å². The van der Waals surface area contributed by atoms with Crippen LogP contribution in [0.2, 0.25) is 0 Å². The topological polar surface area (TPSA) is 67.4 Å². The Morgan fingerprint density at radius 2 is 2.00 bits per heavy atom. The largest absolute Gasteiger partial charge is 0.444 e. The first kappa shape index (κ1) is 16.8. The summed E-state index contributed by atoms with van der Waals surface area (Å²) in [6.07, 6.45) is 6.63. The predicted molar refractivity (Wildman–Crippen MR) is 85.4 cm³/mol. The van der Waals surface area contributed by atoms with Crippen molar-refractivity contribution in [2.75, 3.05) is 6.54 Å². The number of carbonyl (C=O) groups excluding carboxylic acids is 2. The van der Waals surface area contributed by atoms with Gasteiger partial charge in [-0.3, -0.25) is 4.79 Å². The summed E-state index contributed by atoms with van der Waals surface area (Å²) < 4.78 is 5.27. The summed E-state index contributed by atoms with van der Waals surface area (Å²) in [6.45, 7) is 9.61. The molecule has 2 rings (SSSR count). The van der Waals surface area contributed by atoms with Crippen LogP contribution in [0.4, 0.5) is 4.79 Å². The van der Waals surface area contributed by atoms with Gasteiger partial charge in [-0.1, -0.05) is 13.0 Å². The van der Waals surface area contributed by atoms with E-state index in [1.54, 1.807) is 0 Å². The molecule has 2 atom stereocenters. The lowest BCUT2D eigenvalue weighted by Crippen LogP contribution is -2.52. The van der Waals surface area contributed by atoms with E-state index in [1.807, 2.05) is 20.8 Å². The molecule has 0 aromatic carbocycles. The first-order chi connectivity index (χ1) is 10.3.